The van der Waals surface area contributed by atoms with Crippen LogP contribution in [0.2, 0.25) is 0 Å². The quantitative estimate of drug-likeness (QED) is 0.659. The van der Waals surface area contributed by atoms with Crippen molar-refractivity contribution in [1.82, 2.24) is 5.32 Å². The lowest BCUT2D eigenvalue weighted by Gasteiger charge is -2.21. The van der Waals surface area contributed by atoms with Gasteiger partial charge in [0.2, 0.25) is 5.91 Å². The predicted molar refractivity (Wildman–Crippen MR) is 85.6 cm³/mol. The number of alkyl halides is 3. The van der Waals surface area contributed by atoms with Gasteiger partial charge in [-0.05, 0) is 25.0 Å². The van der Waals surface area contributed by atoms with Crippen LogP contribution >= 0.6 is 31.9 Å². The lowest BCUT2D eigenvalue weighted by molar-refractivity contribution is -0.274. The standard InChI is InChI=1S/C15H12Br2F3NO3/c16-8-5-7(24-15(18,19)20)6-9(17)10(8)11-12(22)14(21-13(11)23)3-1-2-4-14/h5-6,11H,1-4H2,(H,21,23). The van der Waals surface area contributed by atoms with Crippen LogP contribution < -0.4 is 10.1 Å². The molecule has 0 bridgehead atoms. The third-order valence-electron chi connectivity index (χ3n) is 4.39. The number of hydrogen-bond donors (Lipinski definition) is 1. The zero-order valence-corrected chi connectivity index (χ0v) is 15.3. The van der Waals surface area contributed by atoms with Gasteiger partial charge >= 0.3 is 6.36 Å². The molecule has 2 fully saturated rings. The molecule has 1 spiro atoms. The first-order valence-electron chi connectivity index (χ1n) is 7.24. The van der Waals surface area contributed by atoms with E-state index in [4.69, 9.17) is 0 Å². The second kappa shape index (κ2) is 6.01. The van der Waals surface area contributed by atoms with E-state index in [1.165, 1.54) is 0 Å². The molecule has 0 aromatic heterocycles. The highest BCUT2D eigenvalue weighted by Crippen LogP contribution is 2.45. The average Bonchev–Trinajstić information content (AvgIpc) is 2.97. The maximum atomic E-state index is 12.8. The van der Waals surface area contributed by atoms with Crippen LogP contribution in [0.5, 0.6) is 5.75 Å². The number of hydrogen-bond acceptors (Lipinski definition) is 3. The summed E-state index contributed by atoms with van der Waals surface area (Å²) in [6, 6.07) is 2.21. The van der Waals surface area contributed by atoms with Gasteiger partial charge in [-0.25, -0.2) is 0 Å². The Labute approximate surface area is 152 Å². The van der Waals surface area contributed by atoms with E-state index in [-0.39, 0.29) is 14.7 Å². The van der Waals surface area contributed by atoms with Crippen LogP contribution in [0.25, 0.3) is 0 Å². The molecule has 0 radical (unpaired) electrons. The second-order valence-corrected chi connectivity index (χ2v) is 7.63. The molecular formula is C15H12Br2F3NO3. The molecule has 1 N–H and O–H groups in total. The summed E-state index contributed by atoms with van der Waals surface area (Å²) < 4.78 is 41.4. The Kier molecular flexibility index (Phi) is 4.44. The zero-order valence-electron chi connectivity index (χ0n) is 12.2. The van der Waals surface area contributed by atoms with Crippen molar-refractivity contribution in [1.29, 1.82) is 0 Å². The highest BCUT2D eigenvalue weighted by atomic mass is 79.9. The van der Waals surface area contributed by atoms with Crippen molar-refractivity contribution < 1.29 is 27.5 Å². The van der Waals surface area contributed by atoms with Gasteiger partial charge in [-0.15, -0.1) is 13.2 Å². The number of halogens is 5. The first-order chi connectivity index (χ1) is 11.1. The lowest BCUT2D eigenvalue weighted by atomic mass is 9.86. The van der Waals surface area contributed by atoms with Crippen LogP contribution in [0.1, 0.15) is 37.2 Å². The van der Waals surface area contributed by atoms with Crippen LogP contribution in [0.4, 0.5) is 13.2 Å². The minimum Gasteiger partial charge on any atom is -0.406 e. The molecule has 1 aromatic carbocycles. The maximum absolute atomic E-state index is 12.8. The van der Waals surface area contributed by atoms with Crippen LogP contribution in [0, 0.1) is 0 Å². The SMILES string of the molecule is O=C1NC2(CCCC2)C(=O)C1c1c(Br)cc(OC(F)(F)F)cc1Br. The van der Waals surface area contributed by atoms with Gasteiger partial charge in [0.15, 0.2) is 5.78 Å². The molecule has 2 aliphatic rings. The maximum Gasteiger partial charge on any atom is 0.573 e. The number of ether oxygens (including phenoxy) is 1. The molecule has 1 aromatic rings. The van der Waals surface area contributed by atoms with Crippen LogP contribution in [0.3, 0.4) is 0 Å². The van der Waals surface area contributed by atoms with E-state index in [9.17, 15) is 22.8 Å². The van der Waals surface area contributed by atoms with E-state index in [0.29, 0.717) is 18.4 Å². The van der Waals surface area contributed by atoms with Crippen molar-refractivity contribution in [3.63, 3.8) is 0 Å². The van der Waals surface area contributed by atoms with Gasteiger partial charge in [-0.1, -0.05) is 44.7 Å². The summed E-state index contributed by atoms with van der Waals surface area (Å²) in [4.78, 5) is 25.2. The number of carbonyl (C=O) groups is 2. The molecule has 9 heteroatoms. The van der Waals surface area contributed by atoms with Crippen LogP contribution in [-0.4, -0.2) is 23.6 Å². The summed E-state index contributed by atoms with van der Waals surface area (Å²) in [5.41, 5.74) is -0.516. The first kappa shape index (κ1) is 17.7. The number of amides is 1. The Morgan fingerprint density at radius 2 is 1.67 bits per heavy atom. The van der Waals surface area contributed by atoms with Crippen molar-refractivity contribution in [2.75, 3.05) is 0 Å². The Bertz CT molecular complexity index is 691. The molecular weight excluding hydrogens is 459 g/mol. The van der Waals surface area contributed by atoms with Gasteiger partial charge in [-0.2, -0.15) is 0 Å². The lowest BCUT2D eigenvalue weighted by Crippen LogP contribution is -2.43. The van der Waals surface area contributed by atoms with Crippen molar-refractivity contribution in [3.8, 4) is 5.75 Å². The fourth-order valence-electron chi connectivity index (χ4n) is 3.41. The van der Waals surface area contributed by atoms with Crippen molar-refractivity contribution in [2.45, 2.75) is 43.5 Å². The molecule has 130 valence electrons. The molecule has 1 aliphatic heterocycles. The molecule has 4 nitrogen and oxygen atoms in total. The largest absolute Gasteiger partial charge is 0.573 e. The van der Waals surface area contributed by atoms with Crippen LogP contribution in [-0.2, 0) is 9.59 Å². The Morgan fingerprint density at radius 3 is 2.17 bits per heavy atom. The van der Waals surface area contributed by atoms with E-state index in [1.807, 2.05) is 0 Å². The molecule has 1 atom stereocenters. The number of Topliss-reactive ketones (excluding diaryl/α,β-unsaturated/α-hetero) is 1. The van der Waals surface area contributed by atoms with E-state index in [2.05, 4.69) is 41.9 Å². The van der Waals surface area contributed by atoms with Gasteiger partial charge in [0.1, 0.15) is 11.7 Å². The van der Waals surface area contributed by atoms with Crippen LogP contribution in [0.15, 0.2) is 21.1 Å². The van der Waals surface area contributed by atoms with Gasteiger partial charge < -0.3 is 10.1 Å². The van der Waals surface area contributed by atoms with Crippen molar-refractivity contribution in [2.24, 2.45) is 0 Å². The first-order valence-corrected chi connectivity index (χ1v) is 8.83. The fraction of sp³-hybridized carbons (Fsp3) is 0.467. The summed E-state index contributed by atoms with van der Waals surface area (Å²) in [7, 11) is 0. The highest BCUT2D eigenvalue weighted by Gasteiger charge is 2.54. The monoisotopic (exact) mass is 469 g/mol. The molecule has 1 saturated heterocycles. The number of nitrogens with one attached hydrogen (secondary N) is 1. The minimum absolute atomic E-state index is 0.208. The molecule has 24 heavy (non-hydrogen) atoms. The van der Waals surface area contributed by atoms with Gasteiger partial charge in [0.05, 0.1) is 5.54 Å². The molecule has 1 unspecified atom stereocenters. The number of ketones is 1. The number of carbonyl (C=O) groups excluding carboxylic acids is 2. The molecule has 1 saturated carbocycles. The summed E-state index contributed by atoms with van der Waals surface area (Å²) in [5, 5.41) is 2.79. The van der Waals surface area contributed by atoms with E-state index in [0.717, 1.165) is 25.0 Å². The van der Waals surface area contributed by atoms with Gasteiger partial charge in [-0.3, -0.25) is 9.59 Å². The summed E-state index contributed by atoms with van der Waals surface area (Å²) in [5.74, 6) is -2.14. The summed E-state index contributed by atoms with van der Waals surface area (Å²) in [6.07, 6.45) is -1.91. The van der Waals surface area contributed by atoms with Crippen molar-refractivity contribution >= 4 is 43.6 Å². The molecule has 3 rings (SSSR count). The number of rotatable bonds is 2. The minimum atomic E-state index is -4.82. The fourth-order valence-corrected chi connectivity index (χ4v) is 5.01. The normalized spacial score (nSPS) is 23.0. The average molecular weight is 471 g/mol. The van der Waals surface area contributed by atoms with Gasteiger partial charge in [0, 0.05) is 14.5 Å². The van der Waals surface area contributed by atoms with Gasteiger partial charge in [0.25, 0.3) is 0 Å². The smallest absolute Gasteiger partial charge is 0.406 e. The predicted octanol–water partition coefficient (Wildman–Crippen LogP) is 4.21. The molecule has 1 aliphatic carbocycles. The molecule has 1 heterocycles. The third-order valence-corrected chi connectivity index (χ3v) is 5.70. The Balaban J connectivity index is 1.98. The highest BCUT2D eigenvalue weighted by molar-refractivity contribution is 9.11. The Morgan fingerprint density at radius 1 is 1.12 bits per heavy atom. The summed E-state index contributed by atoms with van der Waals surface area (Å²) >= 11 is 6.32. The topological polar surface area (TPSA) is 55.4 Å². The third kappa shape index (κ3) is 3.08. The Hall–Kier alpha value is -1.09. The van der Waals surface area contributed by atoms with E-state index < -0.39 is 29.5 Å². The van der Waals surface area contributed by atoms with E-state index in [1.54, 1.807) is 0 Å². The van der Waals surface area contributed by atoms with Crippen molar-refractivity contribution in [3.05, 3.63) is 26.6 Å². The number of benzene rings is 1. The van der Waals surface area contributed by atoms with E-state index >= 15 is 0 Å². The molecule has 1 amide bonds. The zero-order chi connectivity index (χ0) is 17.7. The summed E-state index contributed by atoms with van der Waals surface area (Å²) in [6.45, 7) is 0. The second-order valence-electron chi connectivity index (χ2n) is 5.92.